The van der Waals surface area contributed by atoms with Gasteiger partial charge in [0.25, 0.3) is 0 Å². The molecule has 1 saturated heterocycles. The lowest BCUT2D eigenvalue weighted by Crippen LogP contribution is -2.32. The Morgan fingerprint density at radius 1 is 1.00 bits per heavy atom. The molecule has 0 spiro atoms. The van der Waals surface area contributed by atoms with Gasteiger partial charge in [0.05, 0.1) is 24.3 Å². The van der Waals surface area contributed by atoms with E-state index in [0.717, 1.165) is 63.8 Å². The number of carbonyl (C=O) groups is 1. The molecule has 6 rings (SSSR count). The molecule has 1 aliphatic rings. The number of H-pyrrole nitrogens is 2. The number of imidazole rings is 1. The number of likely N-dealkylation sites (tertiary alicyclic amines) is 1. The molecule has 0 radical (unpaired) electrons. The molecule has 1 fully saturated rings. The molecule has 186 valence electrons. The van der Waals surface area contributed by atoms with Gasteiger partial charge in [-0.05, 0) is 64.9 Å². The highest BCUT2D eigenvalue weighted by Crippen LogP contribution is 2.33. The second kappa shape index (κ2) is 9.36. The maximum absolute atomic E-state index is 13.2. The van der Waals surface area contributed by atoms with E-state index < -0.39 is 0 Å². The molecule has 3 heterocycles. The van der Waals surface area contributed by atoms with Crippen molar-refractivity contribution < 1.29 is 4.79 Å². The van der Waals surface area contributed by atoms with Gasteiger partial charge in [0.1, 0.15) is 0 Å². The minimum atomic E-state index is -0.0600. The molecule has 1 unspecified atom stereocenters. The van der Waals surface area contributed by atoms with Gasteiger partial charge in [0, 0.05) is 41.2 Å². The summed E-state index contributed by atoms with van der Waals surface area (Å²) in [4.78, 5) is 38.7. The van der Waals surface area contributed by atoms with Crippen molar-refractivity contribution in [3.63, 3.8) is 0 Å². The minimum Gasteiger partial charge on any atom is -0.356 e. The Bertz CT molecular complexity index is 1670. The predicted molar refractivity (Wildman–Crippen MR) is 148 cm³/mol. The largest absolute Gasteiger partial charge is 0.356 e. The minimum absolute atomic E-state index is 0.0150. The predicted octanol–water partition coefficient (Wildman–Crippen LogP) is 6.45. The number of hydrogen-bond donors (Lipinski definition) is 2. The molecular formula is C31H30N4O2. The standard InChI is InChI=1S/C31H30N4O2/c1-19(2)12-31(37)35-11-3-4-29(35)27-16-30(36)25-15-23(9-10-26(25)34-27)21-5-6-22-14-24(8-7-20(22)13-21)28-17-32-18-33-28/h5-10,13-19,29H,3-4,11-12H2,1-2H3,(H,32,33)(H,34,36). The molecule has 1 atom stereocenters. The van der Waals surface area contributed by atoms with Crippen LogP contribution in [0.5, 0.6) is 0 Å². The van der Waals surface area contributed by atoms with Gasteiger partial charge in [-0.15, -0.1) is 0 Å². The zero-order valence-electron chi connectivity index (χ0n) is 21.1. The highest BCUT2D eigenvalue weighted by Gasteiger charge is 2.31. The average Bonchev–Trinajstić information content (AvgIpc) is 3.60. The third kappa shape index (κ3) is 4.44. The fourth-order valence-electron chi connectivity index (χ4n) is 5.49. The molecule has 6 nitrogen and oxygen atoms in total. The number of aromatic amines is 2. The first-order valence-electron chi connectivity index (χ1n) is 13.0. The highest BCUT2D eigenvalue weighted by molar-refractivity contribution is 5.92. The Morgan fingerprint density at radius 3 is 2.49 bits per heavy atom. The summed E-state index contributed by atoms with van der Waals surface area (Å²) >= 11 is 0. The SMILES string of the molecule is CC(C)CC(=O)N1CCCC1c1cc(=O)c2cc(-c3ccc4cc(-c5cnc[nH]5)ccc4c3)ccc2[nH]1. The summed E-state index contributed by atoms with van der Waals surface area (Å²) in [7, 11) is 0. The molecule has 6 heteroatoms. The van der Waals surface area contributed by atoms with Gasteiger partial charge >= 0.3 is 0 Å². The summed E-state index contributed by atoms with van der Waals surface area (Å²) in [5.74, 6) is 0.484. The summed E-state index contributed by atoms with van der Waals surface area (Å²) in [6, 6.07) is 20.4. The van der Waals surface area contributed by atoms with E-state index in [1.165, 1.54) is 0 Å². The Kier molecular flexibility index (Phi) is 5.87. The first kappa shape index (κ1) is 23.2. The van der Waals surface area contributed by atoms with Crippen LogP contribution in [0.4, 0.5) is 0 Å². The number of carbonyl (C=O) groups excluding carboxylic acids is 1. The number of aromatic nitrogens is 3. The zero-order valence-corrected chi connectivity index (χ0v) is 21.1. The zero-order chi connectivity index (χ0) is 25.5. The number of benzene rings is 3. The van der Waals surface area contributed by atoms with E-state index in [1.807, 2.05) is 23.2 Å². The third-order valence-electron chi connectivity index (χ3n) is 7.35. The van der Waals surface area contributed by atoms with Crippen molar-refractivity contribution in [1.82, 2.24) is 19.9 Å². The van der Waals surface area contributed by atoms with Crippen LogP contribution in [-0.2, 0) is 4.79 Å². The van der Waals surface area contributed by atoms with E-state index in [9.17, 15) is 9.59 Å². The van der Waals surface area contributed by atoms with Gasteiger partial charge < -0.3 is 14.9 Å². The Labute approximate surface area is 215 Å². The summed E-state index contributed by atoms with van der Waals surface area (Å²) in [6.07, 6.45) is 5.87. The molecule has 0 aliphatic carbocycles. The van der Waals surface area contributed by atoms with Crippen LogP contribution in [0, 0.1) is 5.92 Å². The van der Waals surface area contributed by atoms with Gasteiger partial charge in [0.2, 0.25) is 5.91 Å². The molecule has 3 aromatic carbocycles. The number of amides is 1. The van der Waals surface area contributed by atoms with Crippen LogP contribution in [0.15, 0.2) is 78.0 Å². The van der Waals surface area contributed by atoms with Crippen molar-refractivity contribution >= 4 is 27.6 Å². The Balaban J connectivity index is 1.32. The van der Waals surface area contributed by atoms with Gasteiger partial charge in [-0.1, -0.05) is 44.2 Å². The monoisotopic (exact) mass is 490 g/mol. The van der Waals surface area contributed by atoms with Crippen molar-refractivity contribution in [2.45, 2.75) is 39.2 Å². The fraction of sp³-hybridized carbons (Fsp3) is 0.258. The number of nitrogens with zero attached hydrogens (tertiary/aromatic N) is 2. The van der Waals surface area contributed by atoms with E-state index in [4.69, 9.17) is 0 Å². The topological polar surface area (TPSA) is 81.8 Å². The van der Waals surface area contributed by atoms with E-state index in [1.54, 1.807) is 12.4 Å². The molecule has 0 saturated carbocycles. The van der Waals surface area contributed by atoms with Crippen LogP contribution in [-0.4, -0.2) is 32.3 Å². The van der Waals surface area contributed by atoms with E-state index in [2.05, 4.69) is 71.3 Å². The van der Waals surface area contributed by atoms with Crippen molar-refractivity contribution in [2.75, 3.05) is 6.54 Å². The summed E-state index contributed by atoms with van der Waals surface area (Å²) < 4.78 is 0. The fourth-order valence-corrected chi connectivity index (χ4v) is 5.49. The van der Waals surface area contributed by atoms with Crippen molar-refractivity contribution in [1.29, 1.82) is 0 Å². The van der Waals surface area contributed by atoms with Crippen molar-refractivity contribution in [2.24, 2.45) is 5.92 Å². The van der Waals surface area contributed by atoms with Crippen molar-refractivity contribution in [3.05, 3.63) is 89.1 Å². The van der Waals surface area contributed by atoms with Gasteiger partial charge in [0.15, 0.2) is 5.43 Å². The smallest absolute Gasteiger partial charge is 0.223 e. The normalized spacial score (nSPS) is 15.8. The molecule has 1 amide bonds. The lowest BCUT2D eigenvalue weighted by atomic mass is 9.98. The maximum atomic E-state index is 13.2. The second-order valence-electron chi connectivity index (χ2n) is 10.4. The molecule has 5 aromatic rings. The summed E-state index contributed by atoms with van der Waals surface area (Å²) in [5, 5.41) is 2.94. The van der Waals surface area contributed by atoms with Crippen LogP contribution in [0.25, 0.3) is 44.1 Å². The second-order valence-corrected chi connectivity index (χ2v) is 10.4. The van der Waals surface area contributed by atoms with Gasteiger partial charge in [-0.25, -0.2) is 4.98 Å². The third-order valence-corrected chi connectivity index (χ3v) is 7.35. The quantitative estimate of drug-likeness (QED) is 0.297. The van der Waals surface area contributed by atoms with Crippen molar-refractivity contribution in [3.8, 4) is 22.4 Å². The number of pyridine rings is 1. The molecule has 0 bridgehead atoms. The Morgan fingerprint density at radius 2 is 1.73 bits per heavy atom. The summed E-state index contributed by atoms with van der Waals surface area (Å²) in [6.45, 7) is 4.87. The number of nitrogens with one attached hydrogen (secondary N) is 2. The first-order chi connectivity index (χ1) is 18.0. The molecule has 1 aliphatic heterocycles. The van der Waals surface area contributed by atoms with E-state index in [0.29, 0.717) is 17.7 Å². The molecule has 2 N–H and O–H groups in total. The molecule has 37 heavy (non-hydrogen) atoms. The van der Waals surface area contributed by atoms with E-state index in [-0.39, 0.29) is 17.4 Å². The first-order valence-corrected chi connectivity index (χ1v) is 13.0. The lowest BCUT2D eigenvalue weighted by Gasteiger charge is -2.26. The number of fused-ring (bicyclic) bond motifs is 2. The van der Waals surface area contributed by atoms with Gasteiger partial charge in [-0.3, -0.25) is 9.59 Å². The van der Waals surface area contributed by atoms with Crippen LogP contribution in [0.1, 0.15) is 44.8 Å². The van der Waals surface area contributed by atoms with Crippen LogP contribution >= 0.6 is 0 Å². The molecule has 2 aromatic heterocycles. The van der Waals surface area contributed by atoms with Crippen LogP contribution in [0.3, 0.4) is 0 Å². The summed E-state index contributed by atoms with van der Waals surface area (Å²) in [5.41, 5.74) is 5.77. The number of rotatable bonds is 5. The highest BCUT2D eigenvalue weighted by atomic mass is 16.2. The molecular weight excluding hydrogens is 460 g/mol. The number of hydrogen-bond acceptors (Lipinski definition) is 3. The van der Waals surface area contributed by atoms with Crippen LogP contribution in [0.2, 0.25) is 0 Å². The van der Waals surface area contributed by atoms with Gasteiger partial charge in [-0.2, -0.15) is 0 Å². The van der Waals surface area contributed by atoms with Crippen LogP contribution < -0.4 is 5.43 Å². The maximum Gasteiger partial charge on any atom is 0.223 e. The van der Waals surface area contributed by atoms with E-state index >= 15 is 0 Å². The Hall–Kier alpha value is -4.19. The lowest BCUT2D eigenvalue weighted by molar-refractivity contribution is -0.133. The average molecular weight is 491 g/mol.